The summed E-state index contributed by atoms with van der Waals surface area (Å²) in [6.07, 6.45) is -0.847. The minimum Gasteiger partial charge on any atom is -0.500 e. The lowest BCUT2D eigenvalue weighted by Gasteiger charge is -2.75. The molecule has 3 aliphatic carbocycles. The third kappa shape index (κ3) is 4.08. The summed E-state index contributed by atoms with van der Waals surface area (Å²) in [7, 11) is 2.77. The third-order valence-electron chi connectivity index (χ3n) is 14.0. The van der Waals surface area contributed by atoms with Crippen molar-refractivity contribution in [3.63, 3.8) is 0 Å². The lowest BCUT2D eigenvalue weighted by Crippen LogP contribution is -2.93. The average molecular weight is 745 g/mol. The number of rotatable bonds is 10. The van der Waals surface area contributed by atoms with Crippen LogP contribution in [0.5, 0.6) is 0 Å². The number of aliphatic hydroxyl groups is 1. The predicted octanol–water partition coefficient (Wildman–Crippen LogP) is 4.67. The summed E-state index contributed by atoms with van der Waals surface area (Å²) in [6.45, 7) is 17.3. The first-order chi connectivity index (χ1) is 24.6. The van der Waals surface area contributed by atoms with Gasteiger partial charge in [0.1, 0.15) is 29.2 Å². The SMILES string of the molecule is CCC12OC3(C)OC14C(C(C)(C)C(OC(C)=O)c1ccoc1)/C(=C(/OC)C(C)C)C(=O)OC4C1(O)C(OC(C)=O)C4(C)CC1(O3)C2(C)C4CC(=O)OC. The summed E-state index contributed by atoms with van der Waals surface area (Å²) in [5, 5.41) is 13.9. The molecule has 12 atom stereocenters. The molecule has 12 unspecified atom stereocenters. The van der Waals surface area contributed by atoms with Crippen LogP contribution in [0, 0.1) is 34.0 Å². The van der Waals surface area contributed by atoms with Crippen LogP contribution in [0.25, 0.3) is 0 Å². The molecule has 3 aliphatic heterocycles. The number of methoxy groups -OCH3 is 2. The zero-order valence-electron chi connectivity index (χ0n) is 32.6. The molecule has 3 saturated carbocycles. The Hall–Kier alpha value is -3.46. The molecule has 292 valence electrons. The fourth-order valence-electron chi connectivity index (χ4n) is 12.9. The van der Waals surface area contributed by atoms with Gasteiger partial charge in [0, 0.05) is 60.8 Å². The summed E-state index contributed by atoms with van der Waals surface area (Å²) in [4.78, 5) is 54.4. The maximum absolute atomic E-state index is 15.0. The van der Waals surface area contributed by atoms with Gasteiger partial charge < -0.3 is 47.4 Å². The van der Waals surface area contributed by atoms with E-state index in [0.717, 1.165) is 0 Å². The Morgan fingerprint density at radius 1 is 1.04 bits per heavy atom. The van der Waals surface area contributed by atoms with Crippen LogP contribution in [0.4, 0.5) is 0 Å². The molecular weight excluding hydrogens is 692 g/mol. The molecule has 1 aromatic heterocycles. The van der Waals surface area contributed by atoms with Crippen LogP contribution in [0.3, 0.4) is 0 Å². The molecule has 1 N–H and O–H groups in total. The Morgan fingerprint density at radius 2 is 1.72 bits per heavy atom. The lowest BCUT2D eigenvalue weighted by atomic mass is 9.35. The second kappa shape index (κ2) is 11.3. The minimum atomic E-state index is -2.25. The highest BCUT2D eigenvalue weighted by atomic mass is 16.9. The maximum atomic E-state index is 15.0. The fraction of sp³-hybridized carbons (Fsp3) is 0.744. The number of hydrogen-bond acceptors (Lipinski definition) is 14. The van der Waals surface area contributed by atoms with E-state index < -0.39 is 98.6 Å². The molecule has 6 fully saturated rings. The van der Waals surface area contributed by atoms with E-state index in [9.17, 15) is 24.3 Å². The lowest BCUT2D eigenvalue weighted by molar-refractivity contribution is -0.475. The van der Waals surface area contributed by atoms with Crippen molar-refractivity contribution in [2.75, 3.05) is 14.2 Å². The topological polar surface area (TPSA) is 175 Å². The highest BCUT2D eigenvalue weighted by molar-refractivity contribution is 5.92. The van der Waals surface area contributed by atoms with Crippen LogP contribution in [0.2, 0.25) is 0 Å². The Labute approximate surface area is 309 Å². The van der Waals surface area contributed by atoms with Gasteiger partial charge in [-0.2, -0.15) is 0 Å². The first-order valence-corrected chi connectivity index (χ1v) is 18.3. The van der Waals surface area contributed by atoms with Crippen molar-refractivity contribution in [3.05, 3.63) is 35.5 Å². The number of carbonyl (C=O) groups is 4. The Balaban J connectivity index is 1.65. The van der Waals surface area contributed by atoms with Crippen molar-refractivity contribution < 1.29 is 66.6 Å². The van der Waals surface area contributed by atoms with Gasteiger partial charge in [-0.15, -0.1) is 0 Å². The van der Waals surface area contributed by atoms with E-state index in [0.29, 0.717) is 11.3 Å². The summed E-state index contributed by atoms with van der Waals surface area (Å²) in [5.41, 5.74) is -10.4. The van der Waals surface area contributed by atoms with Gasteiger partial charge >= 0.3 is 23.9 Å². The van der Waals surface area contributed by atoms with Crippen LogP contribution in [-0.4, -0.2) is 83.8 Å². The minimum absolute atomic E-state index is 0.102. The number of fused-ring (bicyclic) bond motifs is 3. The van der Waals surface area contributed by atoms with Crippen molar-refractivity contribution >= 4 is 23.9 Å². The second-order valence-electron chi connectivity index (χ2n) is 17.2. The summed E-state index contributed by atoms with van der Waals surface area (Å²) in [6, 6.07) is 1.68. The highest BCUT2D eigenvalue weighted by Gasteiger charge is 3.03. The van der Waals surface area contributed by atoms with Crippen LogP contribution in [0.1, 0.15) is 100 Å². The molecule has 14 nitrogen and oxygen atoms in total. The number of carbonyl (C=O) groups excluding carboxylic acids is 4. The molecular formula is C39H52O14. The van der Waals surface area contributed by atoms with E-state index >= 15 is 0 Å². The molecule has 4 heterocycles. The molecule has 14 heteroatoms. The van der Waals surface area contributed by atoms with Gasteiger partial charge in [0.25, 0.3) is 5.97 Å². The molecule has 53 heavy (non-hydrogen) atoms. The van der Waals surface area contributed by atoms with E-state index in [4.69, 9.17) is 42.3 Å². The van der Waals surface area contributed by atoms with Crippen LogP contribution < -0.4 is 0 Å². The number of allylic oxidation sites excluding steroid dienone is 1. The Kier molecular flexibility index (Phi) is 8.07. The molecule has 4 bridgehead atoms. The van der Waals surface area contributed by atoms with E-state index in [1.807, 2.05) is 48.5 Å². The monoisotopic (exact) mass is 744 g/mol. The van der Waals surface area contributed by atoms with E-state index in [-0.39, 0.29) is 30.8 Å². The maximum Gasteiger partial charge on any atom is 0.338 e. The van der Waals surface area contributed by atoms with Gasteiger partial charge in [-0.3, -0.25) is 14.4 Å². The standard InChI is InChI=1S/C39H52O14/c1-13-36-34(9)23(16-24(42)45-11)33(8)18-37(34)38(44,30(33)49-21(5)41)31-39(36,53-35(10,51-36)52-37)27(25(29(43)50-31)26(46-12)19(2)3)32(6,7)28(48-20(4)40)22-14-15-47-17-22/h14-15,17,19,23,27-28,30-31,44H,13,16,18H2,1-12H3/b26-25-. The molecule has 2 spiro atoms. The molecule has 0 amide bonds. The quantitative estimate of drug-likeness (QED) is 0.151. The smallest absolute Gasteiger partial charge is 0.338 e. The summed E-state index contributed by atoms with van der Waals surface area (Å²) in [5.74, 6) is -6.33. The average Bonchev–Trinajstić information content (AvgIpc) is 3.75. The number of ether oxygens (including phenoxy) is 8. The molecule has 3 saturated heterocycles. The molecule has 0 aromatic carbocycles. The largest absolute Gasteiger partial charge is 0.500 e. The predicted molar refractivity (Wildman–Crippen MR) is 181 cm³/mol. The van der Waals surface area contributed by atoms with Crippen LogP contribution in [0.15, 0.2) is 34.3 Å². The van der Waals surface area contributed by atoms with E-state index in [1.54, 1.807) is 13.0 Å². The second-order valence-corrected chi connectivity index (χ2v) is 17.2. The first-order valence-electron chi connectivity index (χ1n) is 18.3. The fourth-order valence-corrected chi connectivity index (χ4v) is 12.9. The van der Waals surface area contributed by atoms with E-state index in [1.165, 1.54) is 40.6 Å². The first kappa shape index (κ1) is 37.8. The van der Waals surface area contributed by atoms with Gasteiger partial charge in [0.2, 0.25) is 0 Å². The molecule has 7 rings (SSSR count). The van der Waals surface area contributed by atoms with Gasteiger partial charge in [0.05, 0.1) is 32.3 Å². The highest BCUT2D eigenvalue weighted by Crippen LogP contribution is 2.89. The molecule has 0 radical (unpaired) electrons. The van der Waals surface area contributed by atoms with Gasteiger partial charge in [-0.25, -0.2) is 4.79 Å². The van der Waals surface area contributed by atoms with Crippen molar-refractivity contribution in [3.8, 4) is 0 Å². The zero-order chi connectivity index (χ0) is 39.1. The third-order valence-corrected chi connectivity index (χ3v) is 14.0. The van der Waals surface area contributed by atoms with Crippen molar-refractivity contribution in [1.29, 1.82) is 0 Å². The number of furan rings is 1. The summed E-state index contributed by atoms with van der Waals surface area (Å²) < 4.78 is 57.2. The van der Waals surface area contributed by atoms with Gasteiger partial charge in [-0.1, -0.05) is 48.5 Å². The zero-order valence-corrected chi connectivity index (χ0v) is 32.6. The van der Waals surface area contributed by atoms with Crippen molar-refractivity contribution in [1.82, 2.24) is 0 Å². The number of hydrogen-bond donors (Lipinski definition) is 1. The van der Waals surface area contributed by atoms with Gasteiger partial charge in [0.15, 0.2) is 17.3 Å². The van der Waals surface area contributed by atoms with Crippen molar-refractivity contribution in [2.24, 2.45) is 34.0 Å². The molecule has 6 aliphatic rings. The van der Waals surface area contributed by atoms with Crippen LogP contribution in [-0.2, 0) is 57.1 Å². The summed E-state index contributed by atoms with van der Waals surface area (Å²) >= 11 is 0. The number of esters is 4. The van der Waals surface area contributed by atoms with E-state index in [2.05, 4.69) is 0 Å². The van der Waals surface area contributed by atoms with Gasteiger partial charge in [-0.05, 0) is 24.8 Å². The van der Waals surface area contributed by atoms with Crippen molar-refractivity contribution in [2.45, 2.75) is 135 Å². The Bertz CT molecular complexity index is 1780. The Morgan fingerprint density at radius 3 is 2.25 bits per heavy atom. The van der Waals surface area contributed by atoms with Crippen LogP contribution >= 0.6 is 0 Å². The normalized spacial score (nSPS) is 44.7. The molecule has 1 aromatic rings.